The number of amides is 1. The molecule has 0 spiro atoms. The third kappa shape index (κ3) is 4.72. The van der Waals surface area contributed by atoms with Gasteiger partial charge in [-0.15, -0.1) is 11.8 Å². The molecule has 0 atom stereocenters. The largest absolute Gasteiger partial charge is 0.392 e. The molecule has 2 aromatic rings. The number of benzene rings is 2. The van der Waals surface area contributed by atoms with Crippen molar-refractivity contribution in [1.29, 1.82) is 0 Å². The molecule has 104 valence electrons. The first-order valence-electron chi connectivity index (χ1n) is 6.45. The van der Waals surface area contributed by atoms with Gasteiger partial charge in [0.1, 0.15) is 0 Å². The molecule has 2 aromatic carbocycles. The first kappa shape index (κ1) is 14.6. The van der Waals surface area contributed by atoms with Crippen LogP contribution in [-0.4, -0.2) is 16.8 Å². The van der Waals surface area contributed by atoms with Crippen molar-refractivity contribution in [3.63, 3.8) is 0 Å². The monoisotopic (exact) mass is 287 g/mol. The van der Waals surface area contributed by atoms with E-state index in [1.807, 2.05) is 48.5 Å². The van der Waals surface area contributed by atoms with E-state index in [0.717, 1.165) is 17.0 Å². The molecule has 0 aliphatic carbocycles. The highest BCUT2D eigenvalue weighted by atomic mass is 32.2. The lowest BCUT2D eigenvalue weighted by Crippen LogP contribution is -2.12. The van der Waals surface area contributed by atoms with Crippen molar-refractivity contribution in [1.82, 2.24) is 0 Å². The van der Waals surface area contributed by atoms with Gasteiger partial charge in [-0.2, -0.15) is 0 Å². The van der Waals surface area contributed by atoms with Gasteiger partial charge in [-0.25, -0.2) is 0 Å². The number of aliphatic hydroxyl groups is 1. The molecular weight excluding hydrogens is 270 g/mol. The fraction of sp³-hybridized carbons (Fsp3) is 0.188. The number of carbonyl (C=O) groups excluding carboxylic acids is 1. The first-order chi connectivity index (χ1) is 9.78. The van der Waals surface area contributed by atoms with E-state index >= 15 is 0 Å². The Morgan fingerprint density at radius 2 is 1.90 bits per heavy atom. The van der Waals surface area contributed by atoms with Crippen LogP contribution in [0.3, 0.4) is 0 Å². The van der Waals surface area contributed by atoms with Gasteiger partial charge in [0.25, 0.3) is 0 Å². The van der Waals surface area contributed by atoms with E-state index in [0.29, 0.717) is 6.42 Å². The maximum Gasteiger partial charge on any atom is 0.225 e. The van der Waals surface area contributed by atoms with Crippen LogP contribution >= 0.6 is 11.8 Å². The summed E-state index contributed by atoms with van der Waals surface area (Å²) in [4.78, 5) is 13.0. The highest BCUT2D eigenvalue weighted by Crippen LogP contribution is 2.18. The number of carbonyl (C=O) groups is 1. The fourth-order valence-electron chi connectivity index (χ4n) is 1.75. The van der Waals surface area contributed by atoms with Crippen LogP contribution in [0.15, 0.2) is 59.5 Å². The molecule has 0 radical (unpaired) electrons. The Hall–Kier alpha value is -1.78. The third-order valence-corrected chi connectivity index (χ3v) is 3.75. The van der Waals surface area contributed by atoms with E-state index in [1.54, 1.807) is 17.8 Å². The molecule has 0 saturated carbocycles. The summed E-state index contributed by atoms with van der Waals surface area (Å²) in [5, 5.41) is 11.9. The van der Waals surface area contributed by atoms with E-state index in [2.05, 4.69) is 5.32 Å². The van der Waals surface area contributed by atoms with Crippen LogP contribution in [0.1, 0.15) is 12.0 Å². The van der Waals surface area contributed by atoms with E-state index in [9.17, 15) is 4.79 Å². The van der Waals surface area contributed by atoms with Crippen molar-refractivity contribution < 1.29 is 9.90 Å². The van der Waals surface area contributed by atoms with Crippen molar-refractivity contribution in [3.05, 3.63) is 60.2 Å². The summed E-state index contributed by atoms with van der Waals surface area (Å²) >= 11 is 1.67. The minimum atomic E-state index is -0.0203. The van der Waals surface area contributed by atoms with Crippen LogP contribution in [0, 0.1) is 0 Å². The maximum atomic E-state index is 11.8. The van der Waals surface area contributed by atoms with Crippen molar-refractivity contribution in [2.24, 2.45) is 0 Å². The predicted octanol–water partition coefficient (Wildman–Crippen LogP) is 3.30. The fourth-order valence-corrected chi connectivity index (χ4v) is 2.62. The Balaban J connectivity index is 1.77. The Morgan fingerprint density at radius 3 is 2.65 bits per heavy atom. The van der Waals surface area contributed by atoms with Gasteiger partial charge in [-0.3, -0.25) is 4.79 Å². The standard InChI is InChI=1S/C16H17NO2S/c18-12-13-5-4-6-14(11-13)17-16(19)9-10-20-15-7-2-1-3-8-15/h1-8,11,18H,9-10,12H2,(H,17,19). The molecule has 3 nitrogen and oxygen atoms in total. The van der Waals surface area contributed by atoms with Crippen LogP contribution in [0.2, 0.25) is 0 Å². The molecule has 20 heavy (non-hydrogen) atoms. The number of hydrogen-bond donors (Lipinski definition) is 2. The number of thioether (sulfide) groups is 1. The van der Waals surface area contributed by atoms with Gasteiger partial charge in [-0.1, -0.05) is 30.3 Å². The summed E-state index contributed by atoms with van der Waals surface area (Å²) in [6.07, 6.45) is 0.461. The Kier molecular flexibility index (Phi) is 5.65. The lowest BCUT2D eigenvalue weighted by Gasteiger charge is -2.06. The molecule has 0 aromatic heterocycles. The highest BCUT2D eigenvalue weighted by molar-refractivity contribution is 7.99. The van der Waals surface area contributed by atoms with E-state index < -0.39 is 0 Å². The zero-order chi connectivity index (χ0) is 14.2. The molecular formula is C16H17NO2S. The van der Waals surface area contributed by atoms with Crippen LogP contribution in [0.25, 0.3) is 0 Å². The number of hydrogen-bond acceptors (Lipinski definition) is 3. The number of anilines is 1. The first-order valence-corrected chi connectivity index (χ1v) is 7.44. The van der Waals surface area contributed by atoms with Gasteiger partial charge in [0, 0.05) is 22.8 Å². The van der Waals surface area contributed by atoms with Gasteiger partial charge in [0.15, 0.2) is 0 Å². The second kappa shape index (κ2) is 7.72. The van der Waals surface area contributed by atoms with Gasteiger partial charge >= 0.3 is 0 Å². The molecule has 0 unspecified atom stereocenters. The number of aliphatic hydroxyl groups excluding tert-OH is 1. The van der Waals surface area contributed by atoms with Crippen molar-refractivity contribution >= 4 is 23.4 Å². The summed E-state index contributed by atoms with van der Waals surface area (Å²) in [6.45, 7) is -0.0203. The smallest absolute Gasteiger partial charge is 0.225 e. The highest BCUT2D eigenvalue weighted by Gasteiger charge is 2.03. The van der Waals surface area contributed by atoms with Crippen LogP contribution < -0.4 is 5.32 Å². The quantitative estimate of drug-likeness (QED) is 0.801. The van der Waals surface area contributed by atoms with E-state index in [-0.39, 0.29) is 12.5 Å². The third-order valence-electron chi connectivity index (χ3n) is 2.73. The molecule has 2 N–H and O–H groups in total. The average molecular weight is 287 g/mol. The van der Waals surface area contributed by atoms with Crippen molar-refractivity contribution in [3.8, 4) is 0 Å². The number of rotatable bonds is 6. The van der Waals surface area contributed by atoms with E-state index in [1.165, 1.54) is 4.90 Å². The summed E-state index contributed by atoms with van der Waals surface area (Å²) in [6, 6.07) is 17.3. The normalized spacial score (nSPS) is 10.2. The molecule has 4 heteroatoms. The minimum absolute atomic E-state index is 0.0106. The maximum absolute atomic E-state index is 11.8. The summed E-state index contributed by atoms with van der Waals surface area (Å²) in [5.41, 5.74) is 1.52. The van der Waals surface area contributed by atoms with Crippen LogP contribution in [0.5, 0.6) is 0 Å². The summed E-state index contributed by atoms with van der Waals surface area (Å²) in [7, 11) is 0. The predicted molar refractivity (Wildman–Crippen MR) is 82.8 cm³/mol. The molecule has 0 fully saturated rings. The topological polar surface area (TPSA) is 49.3 Å². The van der Waals surface area contributed by atoms with Crippen molar-refractivity contribution in [2.45, 2.75) is 17.9 Å². The molecule has 0 bridgehead atoms. The SMILES string of the molecule is O=C(CCSc1ccccc1)Nc1cccc(CO)c1. The molecule has 2 rings (SSSR count). The van der Waals surface area contributed by atoms with E-state index in [4.69, 9.17) is 5.11 Å². The Labute approximate surface area is 123 Å². The van der Waals surface area contributed by atoms with Gasteiger partial charge in [0.05, 0.1) is 6.61 Å². The van der Waals surface area contributed by atoms with Crippen LogP contribution in [-0.2, 0) is 11.4 Å². The lowest BCUT2D eigenvalue weighted by molar-refractivity contribution is -0.115. The van der Waals surface area contributed by atoms with Crippen LogP contribution in [0.4, 0.5) is 5.69 Å². The molecule has 0 saturated heterocycles. The Morgan fingerprint density at radius 1 is 1.10 bits per heavy atom. The molecule has 0 heterocycles. The lowest BCUT2D eigenvalue weighted by atomic mass is 10.2. The van der Waals surface area contributed by atoms with Gasteiger partial charge in [-0.05, 0) is 29.8 Å². The average Bonchev–Trinajstić information content (AvgIpc) is 2.48. The second-order valence-corrected chi connectivity index (χ2v) is 5.49. The minimum Gasteiger partial charge on any atom is -0.392 e. The summed E-state index contributed by atoms with van der Waals surface area (Å²) < 4.78 is 0. The van der Waals surface area contributed by atoms with Gasteiger partial charge in [0.2, 0.25) is 5.91 Å². The zero-order valence-corrected chi connectivity index (χ0v) is 11.9. The van der Waals surface area contributed by atoms with Crippen molar-refractivity contribution in [2.75, 3.05) is 11.1 Å². The number of nitrogens with one attached hydrogen (secondary N) is 1. The van der Waals surface area contributed by atoms with Gasteiger partial charge < -0.3 is 10.4 Å². The molecule has 0 aliphatic rings. The zero-order valence-electron chi connectivity index (χ0n) is 11.1. The second-order valence-electron chi connectivity index (χ2n) is 4.32. The Bertz CT molecular complexity index is 557. The molecule has 1 amide bonds. The summed E-state index contributed by atoms with van der Waals surface area (Å²) in [5.74, 6) is 0.735. The molecule has 0 aliphatic heterocycles.